The number of rotatable bonds is 4. The summed E-state index contributed by atoms with van der Waals surface area (Å²) in [6.07, 6.45) is 7.48. The van der Waals surface area contributed by atoms with Gasteiger partial charge in [-0.2, -0.15) is 0 Å². The van der Waals surface area contributed by atoms with E-state index in [4.69, 9.17) is 10.3 Å². The van der Waals surface area contributed by atoms with E-state index in [1.54, 1.807) is 6.07 Å². The molecule has 1 saturated heterocycles. The normalized spacial score (nSPS) is 31.6. The molecule has 1 aliphatic heterocycles. The number of likely N-dealkylation sites (tertiary alicyclic amines) is 1. The Balaban J connectivity index is 1.28. The molecule has 3 fully saturated rings. The van der Waals surface area contributed by atoms with Crippen LogP contribution in [-0.2, 0) is 4.79 Å². The largest absolute Gasteiger partial charge is 0.360 e. The summed E-state index contributed by atoms with van der Waals surface area (Å²) in [6.45, 7) is 2.77. The first kappa shape index (κ1) is 18.5. The number of nitrogens with zero attached hydrogens (tertiary/aromatic N) is 2. The number of hydrogen-bond acceptors (Lipinski definition) is 5. The van der Waals surface area contributed by atoms with Gasteiger partial charge in [0.15, 0.2) is 5.69 Å². The first-order chi connectivity index (χ1) is 13.0. The molecular formula is C20H30N4O3. The highest BCUT2D eigenvalue weighted by Gasteiger charge is 2.35. The third-order valence-corrected chi connectivity index (χ3v) is 6.36. The molecule has 4 rings (SSSR count). The standard InChI is InChI=1S/C20H30N4O3/c1-12-10-16(22-19(25)17-11-18(27-23-17)13-2-3-13)8-9-24(12)20(26)14-4-6-15(21)7-5-14/h11-16H,2-10,21H2,1H3,(H,22,25)/t12-,14?,15?,16-/m0/s1. The third-order valence-electron chi connectivity index (χ3n) is 6.36. The molecule has 7 nitrogen and oxygen atoms in total. The number of amides is 2. The Kier molecular flexibility index (Phi) is 5.21. The summed E-state index contributed by atoms with van der Waals surface area (Å²) in [7, 11) is 0. The first-order valence-electron chi connectivity index (χ1n) is 10.3. The summed E-state index contributed by atoms with van der Waals surface area (Å²) < 4.78 is 5.27. The lowest BCUT2D eigenvalue weighted by atomic mass is 9.84. The molecule has 1 aromatic rings. The van der Waals surface area contributed by atoms with Gasteiger partial charge in [0, 0.05) is 42.6 Å². The zero-order chi connectivity index (χ0) is 19.0. The summed E-state index contributed by atoms with van der Waals surface area (Å²) in [6, 6.07) is 2.22. The molecule has 2 saturated carbocycles. The number of hydrogen-bond donors (Lipinski definition) is 2. The lowest BCUT2D eigenvalue weighted by Crippen LogP contribution is -2.52. The van der Waals surface area contributed by atoms with E-state index in [1.807, 2.05) is 4.90 Å². The number of carbonyl (C=O) groups excluding carboxylic acids is 2. The minimum atomic E-state index is -0.177. The van der Waals surface area contributed by atoms with Crippen molar-refractivity contribution in [1.29, 1.82) is 0 Å². The SMILES string of the molecule is C[C@H]1C[C@@H](NC(=O)c2cc(C3CC3)on2)CCN1C(=O)C1CCC(N)CC1. The first-order valence-corrected chi connectivity index (χ1v) is 10.3. The van der Waals surface area contributed by atoms with Gasteiger partial charge in [0.05, 0.1) is 0 Å². The summed E-state index contributed by atoms with van der Waals surface area (Å²) in [5, 5.41) is 6.98. The van der Waals surface area contributed by atoms with Crippen molar-refractivity contribution in [3.05, 3.63) is 17.5 Å². The fraction of sp³-hybridized carbons (Fsp3) is 0.750. The van der Waals surface area contributed by atoms with Crippen LogP contribution in [0.15, 0.2) is 10.6 Å². The summed E-state index contributed by atoms with van der Waals surface area (Å²) in [4.78, 5) is 27.3. The molecule has 3 N–H and O–H groups in total. The topological polar surface area (TPSA) is 101 Å². The third kappa shape index (κ3) is 4.18. The van der Waals surface area contributed by atoms with Gasteiger partial charge in [0.1, 0.15) is 5.76 Å². The Hall–Kier alpha value is -1.89. The Morgan fingerprint density at radius 3 is 2.59 bits per heavy atom. The Labute approximate surface area is 160 Å². The lowest BCUT2D eigenvalue weighted by Gasteiger charge is -2.40. The number of nitrogens with one attached hydrogen (secondary N) is 1. The van der Waals surface area contributed by atoms with Crippen molar-refractivity contribution in [2.45, 2.75) is 82.3 Å². The molecule has 0 spiro atoms. The van der Waals surface area contributed by atoms with Gasteiger partial charge in [0.2, 0.25) is 5.91 Å². The zero-order valence-corrected chi connectivity index (χ0v) is 16.0. The fourth-order valence-electron chi connectivity index (χ4n) is 4.45. The van der Waals surface area contributed by atoms with Crippen LogP contribution >= 0.6 is 0 Å². The van der Waals surface area contributed by atoms with Gasteiger partial charge >= 0.3 is 0 Å². The molecule has 1 aromatic heterocycles. The monoisotopic (exact) mass is 374 g/mol. The Morgan fingerprint density at radius 2 is 1.93 bits per heavy atom. The highest BCUT2D eigenvalue weighted by molar-refractivity contribution is 5.92. The number of nitrogens with two attached hydrogens (primary N) is 1. The van der Waals surface area contributed by atoms with Crippen LogP contribution in [0, 0.1) is 5.92 Å². The van der Waals surface area contributed by atoms with E-state index < -0.39 is 0 Å². The van der Waals surface area contributed by atoms with Crippen molar-refractivity contribution >= 4 is 11.8 Å². The molecule has 2 atom stereocenters. The maximum Gasteiger partial charge on any atom is 0.273 e. The van der Waals surface area contributed by atoms with Crippen molar-refractivity contribution < 1.29 is 14.1 Å². The molecule has 27 heavy (non-hydrogen) atoms. The van der Waals surface area contributed by atoms with Gasteiger partial charge in [-0.1, -0.05) is 5.16 Å². The van der Waals surface area contributed by atoms with Crippen LogP contribution in [-0.4, -0.2) is 46.5 Å². The molecule has 148 valence electrons. The van der Waals surface area contributed by atoms with E-state index in [0.717, 1.165) is 57.1 Å². The van der Waals surface area contributed by atoms with E-state index in [1.165, 1.54) is 0 Å². The second kappa shape index (κ2) is 7.62. The van der Waals surface area contributed by atoms with E-state index in [9.17, 15) is 9.59 Å². The minimum absolute atomic E-state index is 0.0670. The van der Waals surface area contributed by atoms with Gasteiger partial charge < -0.3 is 20.5 Å². The number of carbonyl (C=O) groups is 2. The summed E-state index contributed by atoms with van der Waals surface area (Å²) >= 11 is 0. The van der Waals surface area contributed by atoms with Crippen LogP contribution in [0.2, 0.25) is 0 Å². The minimum Gasteiger partial charge on any atom is -0.360 e. The predicted molar refractivity (Wildman–Crippen MR) is 100 cm³/mol. The van der Waals surface area contributed by atoms with Gasteiger partial charge in [-0.3, -0.25) is 9.59 Å². The van der Waals surface area contributed by atoms with Crippen LogP contribution in [0.25, 0.3) is 0 Å². The van der Waals surface area contributed by atoms with Crippen LogP contribution in [0.3, 0.4) is 0 Å². The zero-order valence-electron chi connectivity index (χ0n) is 16.0. The van der Waals surface area contributed by atoms with Gasteiger partial charge in [-0.25, -0.2) is 0 Å². The Bertz CT molecular complexity index is 691. The van der Waals surface area contributed by atoms with Gasteiger partial charge in [-0.05, 0) is 58.3 Å². The number of aromatic nitrogens is 1. The van der Waals surface area contributed by atoms with Crippen LogP contribution < -0.4 is 11.1 Å². The molecule has 2 aliphatic carbocycles. The van der Waals surface area contributed by atoms with Gasteiger partial charge in [0.25, 0.3) is 5.91 Å². The molecule has 0 unspecified atom stereocenters. The highest BCUT2D eigenvalue weighted by Crippen LogP contribution is 2.40. The molecular weight excluding hydrogens is 344 g/mol. The summed E-state index contributed by atoms with van der Waals surface area (Å²) in [5.74, 6) is 1.48. The molecule has 2 amide bonds. The second-order valence-corrected chi connectivity index (χ2v) is 8.58. The maximum absolute atomic E-state index is 12.9. The molecule has 7 heteroatoms. The lowest BCUT2D eigenvalue weighted by molar-refractivity contribution is -0.140. The quantitative estimate of drug-likeness (QED) is 0.841. The molecule has 2 heterocycles. The van der Waals surface area contributed by atoms with E-state index in [-0.39, 0.29) is 35.9 Å². The average molecular weight is 374 g/mol. The Morgan fingerprint density at radius 1 is 1.19 bits per heavy atom. The second-order valence-electron chi connectivity index (χ2n) is 8.58. The van der Waals surface area contributed by atoms with E-state index in [0.29, 0.717) is 18.2 Å². The average Bonchev–Trinajstić information content (AvgIpc) is 3.38. The van der Waals surface area contributed by atoms with Crippen molar-refractivity contribution in [3.63, 3.8) is 0 Å². The molecule has 0 radical (unpaired) electrons. The van der Waals surface area contributed by atoms with E-state index in [2.05, 4.69) is 17.4 Å². The van der Waals surface area contributed by atoms with Crippen LogP contribution in [0.5, 0.6) is 0 Å². The van der Waals surface area contributed by atoms with E-state index >= 15 is 0 Å². The maximum atomic E-state index is 12.9. The molecule has 3 aliphatic rings. The number of piperidine rings is 1. The smallest absolute Gasteiger partial charge is 0.273 e. The molecule has 0 bridgehead atoms. The van der Waals surface area contributed by atoms with Crippen LogP contribution in [0.1, 0.15) is 80.5 Å². The predicted octanol–water partition coefficient (Wildman–Crippen LogP) is 2.18. The van der Waals surface area contributed by atoms with Crippen LogP contribution in [0.4, 0.5) is 0 Å². The van der Waals surface area contributed by atoms with Gasteiger partial charge in [-0.15, -0.1) is 0 Å². The molecule has 0 aromatic carbocycles. The highest BCUT2D eigenvalue weighted by atomic mass is 16.5. The van der Waals surface area contributed by atoms with Crippen molar-refractivity contribution in [2.75, 3.05) is 6.54 Å². The summed E-state index contributed by atoms with van der Waals surface area (Å²) in [5.41, 5.74) is 6.32. The van der Waals surface area contributed by atoms with Crippen molar-refractivity contribution in [1.82, 2.24) is 15.4 Å². The van der Waals surface area contributed by atoms with Crippen molar-refractivity contribution in [2.24, 2.45) is 11.7 Å². The van der Waals surface area contributed by atoms with Crippen molar-refractivity contribution in [3.8, 4) is 0 Å². The fourth-order valence-corrected chi connectivity index (χ4v) is 4.45.